The summed E-state index contributed by atoms with van der Waals surface area (Å²) in [5, 5.41) is 8.33. The van der Waals surface area contributed by atoms with Gasteiger partial charge < -0.3 is 9.84 Å². The summed E-state index contributed by atoms with van der Waals surface area (Å²) in [5.41, 5.74) is -0.461. The fourth-order valence-electron chi connectivity index (χ4n) is 1.10. The molecule has 3 nitrogen and oxygen atoms in total. The number of carboxylic acids is 1. The van der Waals surface area contributed by atoms with Gasteiger partial charge in [-0.25, -0.2) is 4.39 Å². The summed E-state index contributed by atoms with van der Waals surface area (Å²) >= 11 is 5.43. The molecule has 0 aromatic heterocycles. The number of carbonyl (C=O) groups is 1. The van der Waals surface area contributed by atoms with Crippen LogP contribution in [-0.2, 0) is 11.2 Å². The van der Waals surface area contributed by atoms with Crippen molar-refractivity contribution in [1.82, 2.24) is 0 Å². The Kier molecular flexibility index (Phi) is 4.00. The Bertz CT molecular complexity index is 409. The number of halogens is 4. The molecule has 0 fully saturated rings. The summed E-state index contributed by atoms with van der Waals surface area (Å²) in [6.45, 7) is -3.18. The Hall–Kier alpha value is -1.43. The van der Waals surface area contributed by atoms with E-state index in [-0.39, 0.29) is 5.02 Å². The Morgan fingerprint density at radius 2 is 2.12 bits per heavy atom. The van der Waals surface area contributed by atoms with E-state index < -0.39 is 36.1 Å². The van der Waals surface area contributed by atoms with E-state index >= 15 is 0 Å². The number of hydrogen-bond donors (Lipinski definition) is 1. The molecule has 0 atom stereocenters. The number of hydrogen-bond acceptors (Lipinski definition) is 2. The van der Waals surface area contributed by atoms with Crippen molar-refractivity contribution in [1.29, 1.82) is 0 Å². The van der Waals surface area contributed by atoms with E-state index in [0.29, 0.717) is 0 Å². The van der Waals surface area contributed by atoms with Crippen LogP contribution >= 0.6 is 11.6 Å². The molecule has 7 heteroatoms. The van der Waals surface area contributed by atoms with Gasteiger partial charge in [0.2, 0.25) is 0 Å². The van der Waals surface area contributed by atoms with E-state index in [4.69, 9.17) is 16.7 Å². The van der Waals surface area contributed by atoms with Crippen LogP contribution in [0.1, 0.15) is 5.56 Å². The molecule has 0 radical (unpaired) electrons. The quantitative estimate of drug-likeness (QED) is 0.899. The number of rotatable bonds is 4. The van der Waals surface area contributed by atoms with Gasteiger partial charge in [0.25, 0.3) is 0 Å². The average molecular weight is 255 g/mol. The van der Waals surface area contributed by atoms with Gasteiger partial charge in [-0.1, -0.05) is 11.6 Å². The standard InChI is InChI=1S/C9H6ClF3O3/c10-4-1-6(11)5(3-8(14)15)7(2-4)16-9(12)13/h1-2,9H,3H2,(H,14,15). The molecule has 1 aromatic rings. The average Bonchev–Trinajstić information content (AvgIpc) is 2.09. The highest BCUT2D eigenvalue weighted by molar-refractivity contribution is 6.30. The maximum absolute atomic E-state index is 13.2. The van der Waals surface area contributed by atoms with Gasteiger partial charge >= 0.3 is 12.6 Å². The van der Waals surface area contributed by atoms with Crippen molar-refractivity contribution >= 4 is 17.6 Å². The Balaban J connectivity index is 3.15. The first kappa shape index (κ1) is 12.6. The Labute approximate surface area is 93.4 Å². The molecule has 0 heterocycles. The lowest BCUT2D eigenvalue weighted by molar-refractivity contribution is -0.136. The van der Waals surface area contributed by atoms with Crippen molar-refractivity contribution < 1.29 is 27.8 Å². The third-order valence-corrected chi connectivity index (χ3v) is 1.88. The second-order valence-electron chi connectivity index (χ2n) is 2.81. The monoisotopic (exact) mass is 254 g/mol. The van der Waals surface area contributed by atoms with E-state index in [9.17, 15) is 18.0 Å². The minimum Gasteiger partial charge on any atom is -0.481 e. The predicted octanol–water partition coefficient (Wildman–Crippen LogP) is 2.71. The summed E-state index contributed by atoms with van der Waals surface area (Å²) in [6, 6.07) is 1.77. The number of alkyl halides is 2. The third kappa shape index (κ3) is 3.30. The largest absolute Gasteiger partial charge is 0.481 e. The van der Waals surface area contributed by atoms with Crippen LogP contribution in [-0.4, -0.2) is 17.7 Å². The second kappa shape index (κ2) is 5.07. The number of benzene rings is 1. The minimum atomic E-state index is -3.18. The van der Waals surface area contributed by atoms with Crippen LogP contribution in [0, 0.1) is 5.82 Å². The molecular weight excluding hydrogens is 249 g/mol. The molecule has 0 amide bonds. The van der Waals surface area contributed by atoms with Gasteiger partial charge in [0, 0.05) is 10.6 Å². The fraction of sp³-hybridized carbons (Fsp3) is 0.222. The number of carboxylic acid groups (broad SMARTS) is 1. The fourth-order valence-corrected chi connectivity index (χ4v) is 1.30. The smallest absolute Gasteiger partial charge is 0.387 e. The molecule has 0 bridgehead atoms. The number of aliphatic carboxylic acids is 1. The molecule has 0 saturated carbocycles. The first-order valence-electron chi connectivity index (χ1n) is 4.04. The van der Waals surface area contributed by atoms with Crippen molar-refractivity contribution in [3.8, 4) is 5.75 Å². The Morgan fingerprint density at radius 1 is 1.50 bits per heavy atom. The maximum Gasteiger partial charge on any atom is 0.387 e. The zero-order valence-electron chi connectivity index (χ0n) is 7.71. The van der Waals surface area contributed by atoms with Crippen LogP contribution in [0.2, 0.25) is 5.02 Å². The van der Waals surface area contributed by atoms with Gasteiger partial charge in [-0.2, -0.15) is 8.78 Å². The Morgan fingerprint density at radius 3 is 2.62 bits per heavy atom. The lowest BCUT2D eigenvalue weighted by atomic mass is 10.1. The van der Waals surface area contributed by atoms with Gasteiger partial charge in [-0.15, -0.1) is 0 Å². The lowest BCUT2D eigenvalue weighted by Crippen LogP contribution is -2.09. The highest BCUT2D eigenvalue weighted by Gasteiger charge is 2.17. The van der Waals surface area contributed by atoms with Crippen molar-refractivity contribution in [3.63, 3.8) is 0 Å². The summed E-state index contributed by atoms with van der Waals surface area (Å²) in [4.78, 5) is 10.4. The molecule has 1 rings (SSSR count). The first-order valence-corrected chi connectivity index (χ1v) is 4.42. The van der Waals surface area contributed by atoms with Gasteiger partial charge in [0.1, 0.15) is 11.6 Å². The number of ether oxygens (including phenoxy) is 1. The zero-order valence-corrected chi connectivity index (χ0v) is 8.47. The van der Waals surface area contributed by atoms with E-state index in [1.54, 1.807) is 0 Å². The summed E-state index contributed by atoms with van der Waals surface area (Å²) in [5.74, 6) is -2.92. The van der Waals surface area contributed by atoms with E-state index in [1.807, 2.05) is 0 Å². The van der Waals surface area contributed by atoms with Crippen LogP contribution in [0.4, 0.5) is 13.2 Å². The first-order chi connectivity index (χ1) is 7.40. The molecule has 0 aliphatic carbocycles. The van der Waals surface area contributed by atoms with Gasteiger partial charge in [-0.05, 0) is 12.1 Å². The van der Waals surface area contributed by atoms with E-state index in [1.165, 1.54) is 0 Å². The van der Waals surface area contributed by atoms with Gasteiger partial charge in [0.15, 0.2) is 0 Å². The molecule has 16 heavy (non-hydrogen) atoms. The summed E-state index contributed by atoms with van der Waals surface area (Å²) in [7, 11) is 0. The van der Waals surface area contributed by atoms with Gasteiger partial charge in [0.05, 0.1) is 6.42 Å². The van der Waals surface area contributed by atoms with Crippen LogP contribution in [0.5, 0.6) is 5.75 Å². The molecule has 88 valence electrons. The molecule has 1 aromatic carbocycles. The summed E-state index contributed by atoms with van der Waals surface area (Å²) in [6.07, 6.45) is -0.759. The van der Waals surface area contributed by atoms with Gasteiger partial charge in [-0.3, -0.25) is 4.79 Å². The normalized spacial score (nSPS) is 10.6. The van der Waals surface area contributed by atoms with Crippen LogP contribution < -0.4 is 4.74 Å². The highest BCUT2D eigenvalue weighted by Crippen LogP contribution is 2.28. The molecule has 0 aliphatic heterocycles. The molecule has 0 saturated heterocycles. The predicted molar refractivity (Wildman–Crippen MR) is 49.4 cm³/mol. The second-order valence-corrected chi connectivity index (χ2v) is 3.25. The molecule has 1 N–H and O–H groups in total. The maximum atomic E-state index is 13.2. The highest BCUT2D eigenvalue weighted by atomic mass is 35.5. The summed E-state index contributed by atoms with van der Waals surface area (Å²) < 4.78 is 41.2. The van der Waals surface area contributed by atoms with Crippen molar-refractivity contribution in [3.05, 3.63) is 28.5 Å². The van der Waals surface area contributed by atoms with Crippen molar-refractivity contribution in [2.45, 2.75) is 13.0 Å². The third-order valence-electron chi connectivity index (χ3n) is 1.66. The van der Waals surface area contributed by atoms with Crippen LogP contribution in [0.15, 0.2) is 12.1 Å². The van der Waals surface area contributed by atoms with Crippen LogP contribution in [0.3, 0.4) is 0 Å². The molecule has 0 spiro atoms. The lowest BCUT2D eigenvalue weighted by Gasteiger charge is -2.10. The van der Waals surface area contributed by atoms with E-state index in [2.05, 4.69) is 4.74 Å². The topological polar surface area (TPSA) is 46.5 Å². The molecular formula is C9H6ClF3O3. The zero-order chi connectivity index (χ0) is 12.3. The molecule has 0 unspecified atom stereocenters. The SMILES string of the molecule is O=C(O)Cc1c(F)cc(Cl)cc1OC(F)F. The van der Waals surface area contributed by atoms with Crippen LogP contribution in [0.25, 0.3) is 0 Å². The van der Waals surface area contributed by atoms with E-state index in [0.717, 1.165) is 12.1 Å². The van der Waals surface area contributed by atoms with Crippen molar-refractivity contribution in [2.75, 3.05) is 0 Å². The van der Waals surface area contributed by atoms with Crippen molar-refractivity contribution in [2.24, 2.45) is 0 Å². The molecule has 0 aliphatic rings. The minimum absolute atomic E-state index is 0.151.